The summed E-state index contributed by atoms with van der Waals surface area (Å²) in [5.41, 5.74) is 2.98. The molecule has 0 fully saturated rings. The van der Waals surface area contributed by atoms with Crippen molar-refractivity contribution in [3.63, 3.8) is 0 Å². The van der Waals surface area contributed by atoms with Gasteiger partial charge in [0.05, 0.1) is 11.3 Å². The highest BCUT2D eigenvalue weighted by Crippen LogP contribution is 2.21. The van der Waals surface area contributed by atoms with Crippen molar-refractivity contribution in [1.82, 2.24) is 5.32 Å². The van der Waals surface area contributed by atoms with E-state index in [-0.39, 0.29) is 0 Å². The smallest absolute Gasteiger partial charge is 0.101 e. The van der Waals surface area contributed by atoms with Gasteiger partial charge in [0.15, 0.2) is 0 Å². The van der Waals surface area contributed by atoms with E-state index in [1.165, 1.54) is 24.8 Å². The fraction of sp³-hybridized carbons (Fsp3) is 0.562. The van der Waals surface area contributed by atoms with Crippen molar-refractivity contribution in [3.8, 4) is 6.07 Å². The van der Waals surface area contributed by atoms with Gasteiger partial charge in [-0.15, -0.1) is 0 Å². The zero-order chi connectivity index (χ0) is 14.1. The summed E-state index contributed by atoms with van der Waals surface area (Å²) in [6, 6.07) is 8.48. The second-order valence-electron chi connectivity index (χ2n) is 4.87. The molecule has 1 aromatic carbocycles. The first-order chi connectivity index (χ1) is 9.22. The van der Waals surface area contributed by atoms with Gasteiger partial charge < -0.3 is 10.2 Å². The molecule has 0 aliphatic carbocycles. The molecule has 104 valence electrons. The van der Waals surface area contributed by atoms with Gasteiger partial charge in [0, 0.05) is 20.1 Å². The van der Waals surface area contributed by atoms with Gasteiger partial charge in [0.25, 0.3) is 0 Å². The Morgan fingerprint density at radius 1 is 1.26 bits per heavy atom. The molecule has 0 atom stereocenters. The van der Waals surface area contributed by atoms with Crippen LogP contribution in [0.1, 0.15) is 44.2 Å². The van der Waals surface area contributed by atoms with Crippen molar-refractivity contribution in [2.24, 2.45) is 0 Å². The molecule has 0 unspecified atom stereocenters. The van der Waals surface area contributed by atoms with Crippen LogP contribution in [-0.2, 0) is 6.54 Å². The highest BCUT2D eigenvalue weighted by atomic mass is 15.1. The van der Waals surface area contributed by atoms with Crippen LogP contribution in [0.25, 0.3) is 0 Å². The van der Waals surface area contributed by atoms with Crippen LogP contribution in [0.3, 0.4) is 0 Å². The molecule has 0 heterocycles. The van der Waals surface area contributed by atoms with Crippen LogP contribution in [0.5, 0.6) is 0 Å². The maximum absolute atomic E-state index is 9.29. The summed E-state index contributed by atoms with van der Waals surface area (Å²) in [4.78, 5) is 2.19. The van der Waals surface area contributed by atoms with Crippen LogP contribution in [0, 0.1) is 11.3 Å². The first kappa shape index (κ1) is 15.5. The number of benzene rings is 1. The maximum atomic E-state index is 9.29. The monoisotopic (exact) mass is 259 g/mol. The quantitative estimate of drug-likeness (QED) is 0.728. The Hall–Kier alpha value is -1.53. The number of hydrogen-bond acceptors (Lipinski definition) is 3. The predicted molar refractivity (Wildman–Crippen MR) is 81.3 cm³/mol. The number of hydrogen-bond donors (Lipinski definition) is 1. The summed E-state index contributed by atoms with van der Waals surface area (Å²) in [7, 11) is 2.07. The molecule has 3 nitrogen and oxygen atoms in total. The van der Waals surface area contributed by atoms with E-state index in [1.807, 2.05) is 6.07 Å². The van der Waals surface area contributed by atoms with E-state index in [9.17, 15) is 5.26 Å². The molecule has 3 heteroatoms. The van der Waals surface area contributed by atoms with Crippen molar-refractivity contribution < 1.29 is 0 Å². The number of unbranched alkanes of at least 4 members (excludes halogenated alkanes) is 2. The van der Waals surface area contributed by atoms with Crippen LogP contribution in [0.15, 0.2) is 18.2 Å². The van der Waals surface area contributed by atoms with Gasteiger partial charge in [-0.3, -0.25) is 0 Å². The van der Waals surface area contributed by atoms with Crippen LogP contribution < -0.4 is 10.2 Å². The van der Waals surface area contributed by atoms with Gasteiger partial charge in [-0.05, 0) is 30.7 Å². The lowest BCUT2D eigenvalue weighted by Gasteiger charge is -2.21. The Labute approximate surface area is 117 Å². The average Bonchev–Trinajstić information content (AvgIpc) is 2.44. The van der Waals surface area contributed by atoms with Crippen LogP contribution in [-0.4, -0.2) is 20.1 Å². The van der Waals surface area contributed by atoms with Crippen molar-refractivity contribution in [2.75, 3.05) is 25.0 Å². The van der Waals surface area contributed by atoms with Gasteiger partial charge in [0.1, 0.15) is 6.07 Å². The van der Waals surface area contributed by atoms with Crippen molar-refractivity contribution >= 4 is 5.69 Å². The zero-order valence-corrected chi connectivity index (χ0v) is 12.4. The minimum absolute atomic E-state index is 0.773. The first-order valence-corrected chi connectivity index (χ1v) is 7.17. The first-order valence-electron chi connectivity index (χ1n) is 7.17. The normalized spacial score (nSPS) is 10.2. The number of nitrogens with zero attached hydrogens (tertiary/aromatic N) is 2. The lowest BCUT2D eigenvalue weighted by Crippen LogP contribution is -2.20. The van der Waals surface area contributed by atoms with Gasteiger partial charge >= 0.3 is 0 Å². The molecule has 1 rings (SSSR count). The number of nitriles is 1. The minimum Gasteiger partial charge on any atom is -0.374 e. The highest BCUT2D eigenvalue weighted by molar-refractivity contribution is 5.60. The molecule has 0 aromatic heterocycles. The number of rotatable bonds is 8. The molecule has 19 heavy (non-hydrogen) atoms. The third-order valence-electron chi connectivity index (χ3n) is 3.27. The lowest BCUT2D eigenvalue weighted by molar-refractivity contribution is 0.704. The lowest BCUT2D eigenvalue weighted by atomic mass is 10.1. The zero-order valence-electron chi connectivity index (χ0n) is 12.4. The number of nitrogens with one attached hydrogen (secondary N) is 1. The van der Waals surface area contributed by atoms with E-state index in [0.29, 0.717) is 0 Å². The molecule has 1 N–H and O–H groups in total. The van der Waals surface area contributed by atoms with E-state index in [4.69, 9.17) is 0 Å². The van der Waals surface area contributed by atoms with Crippen LogP contribution in [0.4, 0.5) is 5.69 Å². The summed E-state index contributed by atoms with van der Waals surface area (Å²) < 4.78 is 0. The SMILES string of the molecule is CCCCCN(C)c1ccc(CNCC)cc1C#N. The van der Waals surface area contributed by atoms with E-state index in [2.05, 4.69) is 49.3 Å². The Bertz CT molecular complexity index is 420. The standard InChI is InChI=1S/C16H25N3/c1-4-6-7-10-19(3)16-9-8-14(13-18-5-2)11-15(16)12-17/h8-9,11,18H,4-7,10,13H2,1-3H3. The molecule has 0 aliphatic rings. The molecule has 0 saturated heterocycles. The van der Waals surface area contributed by atoms with E-state index >= 15 is 0 Å². The topological polar surface area (TPSA) is 39.1 Å². The molecule has 1 aromatic rings. The van der Waals surface area contributed by atoms with Crippen molar-refractivity contribution in [2.45, 2.75) is 39.7 Å². The summed E-state index contributed by atoms with van der Waals surface area (Å²) >= 11 is 0. The summed E-state index contributed by atoms with van der Waals surface area (Å²) in [6.45, 7) is 7.07. The predicted octanol–water partition coefficient (Wildman–Crippen LogP) is 3.29. The van der Waals surface area contributed by atoms with Gasteiger partial charge in [-0.1, -0.05) is 32.8 Å². The second-order valence-corrected chi connectivity index (χ2v) is 4.87. The summed E-state index contributed by atoms with van der Waals surface area (Å²) in [5, 5.41) is 12.6. The van der Waals surface area contributed by atoms with E-state index in [1.54, 1.807) is 0 Å². The van der Waals surface area contributed by atoms with Gasteiger partial charge in [-0.25, -0.2) is 0 Å². The minimum atomic E-state index is 0.773. The maximum Gasteiger partial charge on any atom is 0.101 e. The molecule has 0 bridgehead atoms. The Kier molecular flexibility index (Phi) is 6.99. The largest absolute Gasteiger partial charge is 0.374 e. The van der Waals surface area contributed by atoms with Crippen molar-refractivity contribution in [1.29, 1.82) is 5.26 Å². The van der Waals surface area contributed by atoms with Crippen LogP contribution in [0.2, 0.25) is 0 Å². The van der Waals surface area contributed by atoms with E-state index in [0.717, 1.165) is 30.9 Å². The van der Waals surface area contributed by atoms with Crippen LogP contribution >= 0.6 is 0 Å². The highest BCUT2D eigenvalue weighted by Gasteiger charge is 2.08. The summed E-state index contributed by atoms with van der Waals surface area (Å²) in [5.74, 6) is 0. The molecule has 0 amide bonds. The van der Waals surface area contributed by atoms with E-state index < -0.39 is 0 Å². The third kappa shape index (κ3) is 4.92. The average molecular weight is 259 g/mol. The fourth-order valence-corrected chi connectivity index (χ4v) is 2.10. The molecular weight excluding hydrogens is 234 g/mol. The Morgan fingerprint density at radius 2 is 2.05 bits per heavy atom. The number of anilines is 1. The molecule has 0 saturated carbocycles. The molecular formula is C16H25N3. The van der Waals surface area contributed by atoms with Gasteiger partial charge in [-0.2, -0.15) is 5.26 Å². The molecule has 0 radical (unpaired) electrons. The second kappa shape index (κ2) is 8.55. The summed E-state index contributed by atoms with van der Waals surface area (Å²) in [6.07, 6.45) is 3.64. The van der Waals surface area contributed by atoms with Gasteiger partial charge in [0.2, 0.25) is 0 Å². The fourth-order valence-electron chi connectivity index (χ4n) is 2.10. The molecule has 0 aliphatic heterocycles. The Morgan fingerprint density at radius 3 is 2.68 bits per heavy atom. The third-order valence-corrected chi connectivity index (χ3v) is 3.27. The molecule has 0 spiro atoms. The van der Waals surface area contributed by atoms with Crippen molar-refractivity contribution in [3.05, 3.63) is 29.3 Å². The Balaban J connectivity index is 2.75.